The fourth-order valence-corrected chi connectivity index (χ4v) is 8.25. The fraction of sp³-hybridized carbons (Fsp3) is 0.750. The van der Waals surface area contributed by atoms with E-state index >= 15 is 0 Å². The number of rotatable bonds is 5. The monoisotopic (exact) mass is 415 g/mol. The highest BCUT2D eigenvalue weighted by Gasteiger charge is 2.53. The lowest BCUT2D eigenvalue weighted by atomic mass is 9.48. The third kappa shape index (κ3) is 3.75. The molecule has 0 unspecified atom stereocenters. The third-order valence-corrected chi connectivity index (χ3v) is 9.46. The summed E-state index contributed by atoms with van der Waals surface area (Å²) in [4.78, 5) is 27.0. The number of esters is 1. The van der Waals surface area contributed by atoms with Crippen molar-refractivity contribution >= 4 is 23.2 Å². The molecule has 1 aromatic heterocycles. The SMILES string of the molecule is C[C@H]1CCc2sc(C(=O)OCC(=O)N[C@@H](C)C34CC5CC(CC(C5)C3)C4)cc2C1. The zero-order valence-electron chi connectivity index (χ0n) is 17.7. The molecule has 1 aromatic rings. The van der Waals surface area contributed by atoms with Crippen molar-refractivity contribution in [3.8, 4) is 0 Å². The molecule has 4 nitrogen and oxygen atoms in total. The number of carbonyl (C=O) groups is 2. The number of ether oxygens (including phenoxy) is 1. The van der Waals surface area contributed by atoms with Gasteiger partial charge < -0.3 is 10.1 Å². The molecule has 2 atom stereocenters. The first-order chi connectivity index (χ1) is 13.9. The van der Waals surface area contributed by atoms with E-state index in [1.807, 2.05) is 6.07 Å². The van der Waals surface area contributed by atoms with E-state index in [1.165, 1.54) is 55.4 Å². The summed E-state index contributed by atoms with van der Waals surface area (Å²) in [6, 6.07) is 2.14. The van der Waals surface area contributed by atoms with Crippen molar-refractivity contribution in [3.05, 3.63) is 21.4 Å². The lowest BCUT2D eigenvalue weighted by molar-refractivity contribution is -0.128. The van der Waals surface area contributed by atoms with Gasteiger partial charge in [0.15, 0.2) is 6.61 Å². The molecule has 1 heterocycles. The van der Waals surface area contributed by atoms with Crippen LogP contribution in [0.25, 0.3) is 0 Å². The molecule has 4 bridgehead atoms. The van der Waals surface area contributed by atoms with Gasteiger partial charge in [-0.05, 0) is 105 Å². The Morgan fingerprint density at radius 3 is 2.52 bits per heavy atom. The molecule has 1 amide bonds. The summed E-state index contributed by atoms with van der Waals surface area (Å²) in [6.07, 6.45) is 11.3. The van der Waals surface area contributed by atoms with Crippen molar-refractivity contribution in [3.63, 3.8) is 0 Å². The standard InChI is InChI=1S/C24H33NO3S/c1-14-3-4-20-19(5-14)9-21(29-20)23(27)28-13-22(26)25-15(2)24-10-16-6-17(11-24)8-18(7-16)12-24/h9,14-18H,3-8,10-13H2,1-2H3,(H,25,26)/t14-,15-,16?,17?,18?,24?/m0/s1. The molecule has 5 aliphatic rings. The van der Waals surface area contributed by atoms with Gasteiger partial charge in [0.1, 0.15) is 4.88 Å². The van der Waals surface area contributed by atoms with Gasteiger partial charge in [0.05, 0.1) is 0 Å². The number of nitrogens with one attached hydrogen (secondary N) is 1. The van der Waals surface area contributed by atoms with E-state index in [9.17, 15) is 9.59 Å². The van der Waals surface area contributed by atoms with Crippen LogP contribution in [0.5, 0.6) is 0 Å². The molecule has 0 saturated heterocycles. The first kappa shape index (κ1) is 19.6. The molecule has 0 aromatic carbocycles. The Morgan fingerprint density at radius 1 is 1.21 bits per heavy atom. The molecule has 5 aliphatic carbocycles. The van der Waals surface area contributed by atoms with Gasteiger partial charge in [0, 0.05) is 10.9 Å². The van der Waals surface area contributed by atoms with Crippen molar-refractivity contribution in [2.24, 2.45) is 29.1 Å². The van der Waals surface area contributed by atoms with Gasteiger partial charge in [-0.3, -0.25) is 4.79 Å². The van der Waals surface area contributed by atoms with Gasteiger partial charge in [0.2, 0.25) is 0 Å². The zero-order valence-corrected chi connectivity index (χ0v) is 18.5. The summed E-state index contributed by atoms with van der Waals surface area (Å²) in [5.41, 5.74) is 1.57. The first-order valence-corrected chi connectivity index (χ1v) is 12.3. The van der Waals surface area contributed by atoms with Gasteiger partial charge in [-0.1, -0.05) is 6.92 Å². The minimum Gasteiger partial charge on any atom is -0.451 e. The number of thiophene rings is 1. The molecule has 1 N–H and O–H groups in total. The molecular formula is C24H33NO3S. The molecular weight excluding hydrogens is 382 g/mol. The van der Waals surface area contributed by atoms with Crippen molar-refractivity contribution < 1.29 is 14.3 Å². The maximum Gasteiger partial charge on any atom is 0.348 e. The van der Waals surface area contributed by atoms with Gasteiger partial charge in [-0.2, -0.15) is 0 Å². The van der Waals surface area contributed by atoms with Crippen LogP contribution >= 0.6 is 11.3 Å². The average Bonchev–Trinajstić information content (AvgIpc) is 3.08. The second-order valence-electron chi connectivity index (χ2n) is 10.6. The highest BCUT2D eigenvalue weighted by Crippen LogP contribution is 2.61. The van der Waals surface area contributed by atoms with Crippen molar-refractivity contribution in [1.82, 2.24) is 5.32 Å². The van der Waals surface area contributed by atoms with Crippen molar-refractivity contribution in [2.45, 2.75) is 77.7 Å². The third-order valence-electron chi connectivity index (χ3n) is 8.25. The van der Waals surface area contributed by atoms with Crippen LogP contribution in [-0.2, 0) is 22.4 Å². The minimum absolute atomic E-state index is 0.156. The predicted molar refractivity (Wildman–Crippen MR) is 114 cm³/mol. The summed E-state index contributed by atoms with van der Waals surface area (Å²) in [5.74, 6) is 2.77. The lowest BCUT2D eigenvalue weighted by Crippen LogP contribution is -2.56. The molecule has 5 heteroatoms. The molecule has 29 heavy (non-hydrogen) atoms. The second kappa shape index (κ2) is 7.40. The number of carbonyl (C=O) groups excluding carboxylic acids is 2. The topological polar surface area (TPSA) is 55.4 Å². The fourth-order valence-electron chi connectivity index (χ4n) is 7.15. The van der Waals surface area contributed by atoms with E-state index in [-0.39, 0.29) is 29.9 Å². The van der Waals surface area contributed by atoms with Gasteiger partial charge in [-0.25, -0.2) is 4.79 Å². The Labute approximate surface area is 177 Å². The van der Waals surface area contributed by atoms with Crippen molar-refractivity contribution in [2.75, 3.05) is 6.61 Å². The Balaban J connectivity index is 1.15. The summed E-state index contributed by atoms with van der Waals surface area (Å²) in [5, 5.41) is 3.19. The molecule has 4 fully saturated rings. The summed E-state index contributed by atoms with van der Waals surface area (Å²) in [7, 11) is 0. The van der Waals surface area contributed by atoms with Gasteiger partial charge >= 0.3 is 5.97 Å². The average molecular weight is 416 g/mol. The smallest absolute Gasteiger partial charge is 0.348 e. The van der Waals surface area contributed by atoms with E-state index in [4.69, 9.17) is 4.74 Å². The first-order valence-electron chi connectivity index (χ1n) is 11.5. The largest absolute Gasteiger partial charge is 0.451 e. The van der Waals surface area contributed by atoms with E-state index in [0.717, 1.165) is 30.6 Å². The van der Waals surface area contributed by atoms with Crippen molar-refractivity contribution in [1.29, 1.82) is 0 Å². The molecule has 0 spiro atoms. The number of fused-ring (bicyclic) bond motifs is 1. The quantitative estimate of drug-likeness (QED) is 0.706. The lowest BCUT2D eigenvalue weighted by Gasteiger charge is -2.59. The van der Waals surface area contributed by atoms with Crippen LogP contribution < -0.4 is 5.32 Å². The zero-order chi connectivity index (χ0) is 20.2. The number of hydrogen-bond donors (Lipinski definition) is 1. The Hall–Kier alpha value is -1.36. The Bertz CT molecular complexity index is 778. The van der Waals surface area contributed by atoms with E-state index in [0.29, 0.717) is 10.8 Å². The molecule has 0 aliphatic heterocycles. The van der Waals surface area contributed by atoms with E-state index in [1.54, 1.807) is 11.3 Å². The molecule has 6 rings (SSSR count). The maximum absolute atomic E-state index is 12.5. The van der Waals surface area contributed by atoms with Gasteiger partial charge in [-0.15, -0.1) is 11.3 Å². The van der Waals surface area contributed by atoms with Crippen LogP contribution in [0, 0.1) is 29.1 Å². The highest BCUT2D eigenvalue weighted by molar-refractivity contribution is 7.14. The molecule has 0 radical (unpaired) electrons. The summed E-state index contributed by atoms with van der Waals surface area (Å²) in [6.45, 7) is 4.25. The number of amides is 1. The number of aryl methyl sites for hydroxylation is 1. The van der Waals surface area contributed by atoms with Crippen LogP contribution in [0.3, 0.4) is 0 Å². The molecule has 158 valence electrons. The molecule has 4 saturated carbocycles. The van der Waals surface area contributed by atoms with Crippen LogP contribution in [-0.4, -0.2) is 24.5 Å². The van der Waals surface area contributed by atoms with Crippen LogP contribution in [0.15, 0.2) is 6.07 Å². The number of hydrogen-bond acceptors (Lipinski definition) is 4. The van der Waals surface area contributed by atoms with Crippen LogP contribution in [0.2, 0.25) is 0 Å². The second-order valence-corrected chi connectivity index (χ2v) is 11.7. The summed E-state index contributed by atoms with van der Waals surface area (Å²) < 4.78 is 5.37. The van der Waals surface area contributed by atoms with E-state index < -0.39 is 0 Å². The van der Waals surface area contributed by atoms with Crippen LogP contribution in [0.1, 0.15) is 78.9 Å². The normalized spacial score (nSPS) is 35.8. The van der Waals surface area contributed by atoms with Gasteiger partial charge in [0.25, 0.3) is 5.91 Å². The highest BCUT2D eigenvalue weighted by atomic mass is 32.1. The Kier molecular flexibility index (Phi) is 5.00. The van der Waals surface area contributed by atoms with E-state index in [2.05, 4.69) is 19.2 Å². The summed E-state index contributed by atoms with van der Waals surface area (Å²) >= 11 is 1.54. The van der Waals surface area contributed by atoms with Crippen LogP contribution in [0.4, 0.5) is 0 Å². The minimum atomic E-state index is -0.352. The predicted octanol–water partition coefficient (Wildman–Crippen LogP) is 4.75. The maximum atomic E-state index is 12.5. The Morgan fingerprint density at radius 2 is 1.86 bits per heavy atom.